The van der Waals surface area contributed by atoms with Crippen molar-refractivity contribution >= 4 is 11.9 Å². The van der Waals surface area contributed by atoms with Crippen molar-refractivity contribution < 1.29 is 24.5 Å². The number of allylic oxidation sites excluding steroid dienone is 14. The Morgan fingerprint density at radius 1 is 0.441 bits per heavy atom. The second kappa shape index (κ2) is 55.0. The molecule has 6 heteroatoms. The standard InChI is InChI=1S/C62H109NO5/c1-4-7-10-13-16-19-22-25-28-30-31-32-34-37-40-43-46-49-52-55-62(67)68-58(53-50-47-44-41-38-35-27-24-21-18-15-12-9-6-3)56-61(66)63-59(57-64)60(65)54-51-48-45-42-39-36-33-29-26-23-20-17-14-11-8-5-2/h7,10,16,19,25,28,31-32,35,37-38,40,46,49,58-60,64-65H,4-6,8-9,11-15,17-18,20-24,26-27,29-30,33-34,36,39,41-45,47-48,50-57H2,1-3H3,(H,63,66)/b10-7-,19-16-,28-25-,32-31-,38-35+,40-37-,49-46-. The molecule has 0 aliphatic rings. The number of amides is 1. The quantitative estimate of drug-likeness (QED) is 0.0321. The topological polar surface area (TPSA) is 95.9 Å². The average molecular weight is 949 g/mol. The van der Waals surface area contributed by atoms with Crippen LogP contribution in [0.25, 0.3) is 0 Å². The third-order valence-electron chi connectivity index (χ3n) is 12.7. The minimum absolute atomic E-state index is 0.0340. The molecule has 68 heavy (non-hydrogen) atoms. The lowest BCUT2D eigenvalue weighted by Crippen LogP contribution is -2.46. The molecule has 1 amide bonds. The van der Waals surface area contributed by atoms with Gasteiger partial charge >= 0.3 is 5.97 Å². The van der Waals surface area contributed by atoms with Gasteiger partial charge < -0.3 is 20.3 Å². The molecule has 0 aromatic heterocycles. The van der Waals surface area contributed by atoms with Crippen LogP contribution in [-0.4, -0.2) is 46.9 Å². The van der Waals surface area contributed by atoms with Gasteiger partial charge in [0.05, 0.1) is 25.2 Å². The maximum atomic E-state index is 13.3. The Morgan fingerprint density at radius 3 is 1.22 bits per heavy atom. The van der Waals surface area contributed by atoms with Gasteiger partial charge in [0.15, 0.2) is 0 Å². The summed E-state index contributed by atoms with van der Waals surface area (Å²) >= 11 is 0. The lowest BCUT2D eigenvalue weighted by molar-refractivity contribution is -0.150. The Labute approximate surface area is 421 Å². The van der Waals surface area contributed by atoms with Crippen molar-refractivity contribution in [2.45, 2.75) is 289 Å². The number of carbonyl (C=O) groups excluding carboxylic acids is 2. The average Bonchev–Trinajstić information content (AvgIpc) is 3.33. The van der Waals surface area contributed by atoms with E-state index in [0.29, 0.717) is 19.3 Å². The molecular formula is C62H109NO5. The SMILES string of the molecule is CC/C=C\C/C=C\C/C=C\C/C=C\C/C=C\C/C=C\CCC(=O)OC(CCCCC/C=C/CCCCCCCCC)CC(=O)NC(CO)C(O)CCCCCCCCCCCCCCCCCC. The summed E-state index contributed by atoms with van der Waals surface area (Å²) in [6, 6.07) is -0.726. The largest absolute Gasteiger partial charge is 0.462 e. The summed E-state index contributed by atoms with van der Waals surface area (Å²) in [7, 11) is 0. The van der Waals surface area contributed by atoms with E-state index >= 15 is 0 Å². The van der Waals surface area contributed by atoms with E-state index in [-0.39, 0.29) is 31.3 Å². The van der Waals surface area contributed by atoms with Crippen LogP contribution in [0.2, 0.25) is 0 Å². The molecule has 3 atom stereocenters. The first-order valence-corrected chi connectivity index (χ1v) is 28.8. The fourth-order valence-electron chi connectivity index (χ4n) is 8.39. The zero-order valence-electron chi connectivity index (χ0n) is 44.7. The maximum Gasteiger partial charge on any atom is 0.306 e. The molecule has 3 N–H and O–H groups in total. The Morgan fingerprint density at radius 2 is 0.794 bits per heavy atom. The molecule has 0 saturated carbocycles. The molecule has 0 saturated heterocycles. The molecule has 0 fully saturated rings. The van der Waals surface area contributed by atoms with Crippen LogP contribution in [0.15, 0.2) is 85.1 Å². The number of unbranched alkanes of at least 4 members (excludes halogenated alkanes) is 25. The second-order valence-electron chi connectivity index (χ2n) is 19.3. The van der Waals surface area contributed by atoms with Crippen molar-refractivity contribution in [3.05, 3.63) is 85.1 Å². The Bertz CT molecular complexity index is 1290. The zero-order valence-corrected chi connectivity index (χ0v) is 44.7. The summed E-state index contributed by atoms with van der Waals surface area (Å²) in [5.41, 5.74) is 0. The van der Waals surface area contributed by atoms with Gasteiger partial charge in [0, 0.05) is 6.42 Å². The van der Waals surface area contributed by atoms with E-state index in [1.54, 1.807) is 0 Å². The van der Waals surface area contributed by atoms with Crippen molar-refractivity contribution in [1.82, 2.24) is 5.32 Å². The van der Waals surface area contributed by atoms with Crippen LogP contribution >= 0.6 is 0 Å². The van der Waals surface area contributed by atoms with Crippen LogP contribution in [0.5, 0.6) is 0 Å². The first-order chi connectivity index (χ1) is 33.5. The minimum Gasteiger partial charge on any atom is -0.462 e. The second-order valence-corrected chi connectivity index (χ2v) is 19.3. The monoisotopic (exact) mass is 948 g/mol. The molecule has 0 spiro atoms. The lowest BCUT2D eigenvalue weighted by atomic mass is 10.0. The zero-order chi connectivity index (χ0) is 49.5. The summed E-state index contributed by atoms with van der Waals surface area (Å²) < 4.78 is 5.91. The van der Waals surface area contributed by atoms with E-state index in [9.17, 15) is 19.8 Å². The van der Waals surface area contributed by atoms with Gasteiger partial charge in [-0.05, 0) is 89.9 Å². The van der Waals surface area contributed by atoms with Crippen LogP contribution in [0.3, 0.4) is 0 Å². The molecule has 6 nitrogen and oxygen atoms in total. The number of esters is 1. The number of aliphatic hydroxyl groups excluding tert-OH is 2. The van der Waals surface area contributed by atoms with Crippen LogP contribution in [0, 0.1) is 0 Å². The highest BCUT2D eigenvalue weighted by Gasteiger charge is 2.24. The van der Waals surface area contributed by atoms with Gasteiger partial charge in [0.25, 0.3) is 0 Å². The third kappa shape index (κ3) is 49.5. The smallest absolute Gasteiger partial charge is 0.306 e. The highest BCUT2D eigenvalue weighted by atomic mass is 16.5. The van der Waals surface area contributed by atoms with Crippen molar-refractivity contribution in [2.75, 3.05) is 6.61 Å². The van der Waals surface area contributed by atoms with Crippen molar-refractivity contribution in [2.24, 2.45) is 0 Å². The number of nitrogens with one attached hydrogen (secondary N) is 1. The fraction of sp³-hybridized carbons (Fsp3) is 0.742. The summed E-state index contributed by atoms with van der Waals surface area (Å²) in [5, 5.41) is 23.9. The molecular weight excluding hydrogens is 839 g/mol. The maximum absolute atomic E-state index is 13.3. The number of ether oxygens (including phenoxy) is 1. The molecule has 0 heterocycles. The van der Waals surface area contributed by atoms with Gasteiger partial charge in [0.1, 0.15) is 6.10 Å². The number of rotatable bonds is 51. The molecule has 0 aromatic rings. The highest BCUT2D eigenvalue weighted by molar-refractivity contribution is 5.77. The van der Waals surface area contributed by atoms with Gasteiger partial charge in [-0.1, -0.05) is 254 Å². The molecule has 392 valence electrons. The lowest BCUT2D eigenvalue weighted by Gasteiger charge is -2.24. The first kappa shape index (κ1) is 65.0. The molecule has 0 aliphatic heterocycles. The molecule has 3 unspecified atom stereocenters. The molecule has 0 bridgehead atoms. The number of hydrogen-bond acceptors (Lipinski definition) is 5. The number of carbonyl (C=O) groups is 2. The summed E-state index contributed by atoms with van der Waals surface area (Å²) in [5.74, 6) is -0.587. The van der Waals surface area contributed by atoms with Gasteiger partial charge in [-0.15, -0.1) is 0 Å². The predicted octanol–water partition coefficient (Wildman–Crippen LogP) is 17.9. The predicted molar refractivity (Wildman–Crippen MR) is 296 cm³/mol. The van der Waals surface area contributed by atoms with E-state index in [0.717, 1.165) is 89.9 Å². The summed E-state index contributed by atoms with van der Waals surface area (Å²) in [6.45, 7) is 6.37. The highest BCUT2D eigenvalue weighted by Crippen LogP contribution is 2.17. The van der Waals surface area contributed by atoms with E-state index in [2.05, 4.69) is 105 Å². The van der Waals surface area contributed by atoms with Crippen molar-refractivity contribution in [3.8, 4) is 0 Å². The van der Waals surface area contributed by atoms with Gasteiger partial charge in [0.2, 0.25) is 5.91 Å². The molecule has 0 aromatic carbocycles. The number of hydrogen-bond donors (Lipinski definition) is 3. The Kier molecular flexibility index (Phi) is 52.6. The van der Waals surface area contributed by atoms with Crippen LogP contribution in [0.1, 0.15) is 271 Å². The van der Waals surface area contributed by atoms with Gasteiger partial charge in [-0.2, -0.15) is 0 Å². The molecule has 0 rings (SSSR count). The van der Waals surface area contributed by atoms with Crippen LogP contribution in [-0.2, 0) is 14.3 Å². The van der Waals surface area contributed by atoms with Crippen molar-refractivity contribution in [1.29, 1.82) is 0 Å². The number of aliphatic hydroxyl groups is 2. The minimum atomic E-state index is -0.808. The summed E-state index contributed by atoms with van der Waals surface area (Å²) in [6.07, 6.45) is 72.3. The van der Waals surface area contributed by atoms with Crippen LogP contribution in [0.4, 0.5) is 0 Å². The fourth-order valence-corrected chi connectivity index (χ4v) is 8.39. The summed E-state index contributed by atoms with van der Waals surface area (Å²) in [4.78, 5) is 26.2. The Balaban J connectivity index is 4.67. The van der Waals surface area contributed by atoms with E-state index in [1.807, 2.05) is 6.08 Å². The van der Waals surface area contributed by atoms with Gasteiger partial charge in [-0.25, -0.2) is 0 Å². The van der Waals surface area contributed by atoms with E-state index < -0.39 is 18.2 Å². The van der Waals surface area contributed by atoms with Gasteiger partial charge in [-0.3, -0.25) is 9.59 Å². The Hall–Kier alpha value is -2.96. The van der Waals surface area contributed by atoms with E-state index in [1.165, 1.54) is 128 Å². The first-order valence-electron chi connectivity index (χ1n) is 28.8. The molecule has 0 aliphatic carbocycles. The van der Waals surface area contributed by atoms with Crippen molar-refractivity contribution in [3.63, 3.8) is 0 Å². The third-order valence-corrected chi connectivity index (χ3v) is 12.7. The molecule has 0 radical (unpaired) electrons. The van der Waals surface area contributed by atoms with Crippen LogP contribution < -0.4 is 5.32 Å². The normalized spacial score (nSPS) is 13.8. The van der Waals surface area contributed by atoms with E-state index in [4.69, 9.17) is 4.74 Å².